The van der Waals surface area contributed by atoms with Crippen molar-refractivity contribution in [2.24, 2.45) is 0 Å². The molecule has 24 heavy (non-hydrogen) atoms. The van der Waals surface area contributed by atoms with Crippen molar-refractivity contribution in [2.75, 3.05) is 19.2 Å². The van der Waals surface area contributed by atoms with Crippen LogP contribution in [0.3, 0.4) is 0 Å². The Morgan fingerprint density at radius 2 is 2.00 bits per heavy atom. The molecule has 0 saturated carbocycles. The zero-order valence-electron chi connectivity index (χ0n) is 13.1. The van der Waals surface area contributed by atoms with Gasteiger partial charge in [0.25, 0.3) is 0 Å². The molecular formula is C18H18ClNO4. The summed E-state index contributed by atoms with van der Waals surface area (Å²) in [5, 5.41) is 2.75. The minimum absolute atomic E-state index is 0.0432. The van der Waals surface area contributed by atoms with E-state index < -0.39 is 0 Å². The molecule has 0 spiro atoms. The van der Waals surface area contributed by atoms with Gasteiger partial charge < -0.3 is 19.5 Å². The molecule has 126 valence electrons. The third-order valence-electron chi connectivity index (χ3n) is 3.64. The lowest BCUT2D eigenvalue weighted by atomic mass is 10.1. The van der Waals surface area contributed by atoms with Crippen LogP contribution in [-0.2, 0) is 17.8 Å². The highest BCUT2D eigenvalue weighted by atomic mass is 35.5. The molecule has 1 amide bonds. The monoisotopic (exact) mass is 347 g/mol. The van der Waals surface area contributed by atoms with E-state index in [0.29, 0.717) is 36.8 Å². The van der Waals surface area contributed by atoms with Gasteiger partial charge in [0.05, 0.1) is 0 Å². The number of alkyl halides is 1. The predicted molar refractivity (Wildman–Crippen MR) is 90.8 cm³/mol. The quantitative estimate of drug-likeness (QED) is 0.782. The minimum atomic E-state index is -0.191. The molecule has 2 aromatic carbocycles. The molecule has 5 nitrogen and oxygen atoms in total. The first kappa shape index (κ1) is 16.5. The maximum absolute atomic E-state index is 11.3. The molecule has 0 aliphatic carbocycles. The van der Waals surface area contributed by atoms with Gasteiger partial charge in [0.1, 0.15) is 12.5 Å². The Balaban J connectivity index is 1.74. The van der Waals surface area contributed by atoms with Crippen LogP contribution in [0.2, 0.25) is 0 Å². The molecule has 1 heterocycles. The predicted octanol–water partition coefficient (Wildman–Crippen LogP) is 2.89. The number of hydrogen-bond acceptors (Lipinski definition) is 4. The van der Waals surface area contributed by atoms with E-state index in [1.54, 1.807) is 0 Å². The standard InChI is InChI=1S/C18H18ClNO4/c19-10-16(21)20-9-8-14-6-7-15-18(24-12-23-15)17(14)22-11-13-4-2-1-3-5-13/h1-7H,8-12H2,(H,20,21). The summed E-state index contributed by atoms with van der Waals surface area (Å²) in [4.78, 5) is 11.3. The fourth-order valence-electron chi connectivity index (χ4n) is 2.46. The lowest BCUT2D eigenvalue weighted by Gasteiger charge is -2.14. The van der Waals surface area contributed by atoms with E-state index in [2.05, 4.69) is 5.32 Å². The number of benzene rings is 2. The highest BCUT2D eigenvalue weighted by molar-refractivity contribution is 6.27. The van der Waals surface area contributed by atoms with Crippen molar-refractivity contribution >= 4 is 17.5 Å². The van der Waals surface area contributed by atoms with Gasteiger partial charge in [-0.1, -0.05) is 36.4 Å². The highest BCUT2D eigenvalue weighted by Gasteiger charge is 2.22. The van der Waals surface area contributed by atoms with E-state index in [-0.39, 0.29) is 18.6 Å². The van der Waals surface area contributed by atoms with Gasteiger partial charge in [-0.2, -0.15) is 0 Å². The SMILES string of the molecule is O=C(CCl)NCCc1ccc2c(c1OCc1ccccc1)OCO2. The Hall–Kier alpha value is -2.40. The van der Waals surface area contributed by atoms with E-state index in [1.807, 2.05) is 42.5 Å². The summed E-state index contributed by atoms with van der Waals surface area (Å²) in [6.07, 6.45) is 0.614. The van der Waals surface area contributed by atoms with Gasteiger partial charge in [-0.05, 0) is 18.1 Å². The maximum Gasteiger partial charge on any atom is 0.234 e. The van der Waals surface area contributed by atoms with Crippen molar-refractivity contribution in [3.63, 3.8) is 0 Å². The molecule has 6 heteroatoms. The fraction of sp³-hybridized carbons (Fsp3) is 0.278. The molecular weight excluding hydrogens is 330 g/mol. The van der Waals surface area contributed by atoms with Gasteiger partial charge in [0.2, 0.25) is 18.4 Å². The number of ether oxygens (including phenoxy) is 3. The van der Waals surface area contributed by atoms with Crippen LogP contribution in [0.1, 0.15) is 11.1 Å². The Labute approximate surface area is 145 Å². The molecule has 0 aromatic heterocycles. The van der Waals surface area contributed by atoms with Crippen molar-refractivity contribution in [3.8, 4) is 17.2 Å². The van der Waals surface area contributed by atoms with Gasteiger partial charge in [-0.25, -0.2) is 0 Å². The second kappa shape index (κ2) is 7.93. The molecule has 0 atom stereocenters. The molecule has 0 bridgehead atoms. The largest absolute Gasteiger partial charge is 0.485 e. The summed E-state index contributed by atoms with van der Waals surface area (Å²) in [5.41, 5.74) is 2.01. The molecule has 0 saturated heterocycles. The van der Waals surface area contributed by atoms with Crippen LogP contribution in [0.5, 0.6) is 17.2 Å². The molecule has 2 aromatic rings. The summed E-state index contributed by atoms with van der Waals surface area (Å²) in [5.74, 6) is 1.72. The van der Waals surface area contributed by atoms with Crippen molar-refractivity contribution in [1.82, 2.24) is 5.32 Å². The maximum atomic E-state index is 11.3. The van der Waals surface area contributed by atoms with Crippen LogP contribution in [0.4, 0.5) is 0 Å². The lowest BCUT2D eigenvalue weighted by molar-refractivity contribution is -0.118. The van der Waals surface area contributed by atoms with Crippen molar-refractivity contribution in [3.05, 3.63) is 53.6 Å². The Bertz CT molecular complexity index is 706. The molecule has 0 fully saturated rings. The number of carbonyl (C=O) groups is 1. The number of halogens is 1. The van der Waals surface area contributed by atoms with E-state index >= 15 is 0 Å². The van der Waals surface area contributed by atoms with Crippen LogP contribution < -0.4 is 19.5 Å². The van der Waals surface area contributed by atoms with Crippen molar-refractivity contribution in [1.29, 1.82) is 0 Å². The van der Waals surface area contributed by atoms with Gasteiger partial charge in [-0.15, -0.1) is 11.6 Å². The second-order valence-electron chi connectivity index (χ2n) is 5.30. The Morgan fingerprint density at radius 1 is 1.17 bits per heavy atom. The van der Waals surface area contributed by atoms with E-state index in [1.165, 1.54) is 0 Å². The third-order valence-corrected chi connectivity index (χ3v) is 3.88. The summed E-state index contributed by atoms with van der Waals surface area (Å²) in [6.45, 7) is 1.10. The number of nitrogens with one attached hydrogen (secondary N) is 1. The second-order valence-corrected chi connectivity index (χ2v) is 5.56. The summed E-state index contributed by atoms with van der Waals surface area (Å²) >= 11 is 5.49. The molecule has 0 radical (unpaired) electrons. The Morgan fingerprint density at radius 3 is 2.79 bits per heavy atom. The van der Waals surface area contributed by atoms with Gasteiger partial charge in [-0.3, -0.25) is 4.79 Å². The average molecular weight is 348 g/mol. The third kappa shape index (κ3) is 3.92. The topological polar surface area (TPSA) is 56.8 Å². The van der Waals surface area contributed by atoms with Gasteiger partial charge in [0.15, 0.2) is 11.5 Å². The average Bonchev–Trinajstić information content (AvgIpc) is 3.10. The number of fused-ring (bicyclic) bond motifs is 1. The van der Waals surface area contributed by atoms with Crippen molar-refractivity contribution in [2.45, 2.75) is 13.0 Å². The first-order valence-electron chi connectivity index (χ1n) is 7.69. The minimum Gasteiger partial charge on any atom is -0.485 e. The normalized spacial score (nSPS) is 12.0. The van der Waals surface area contributed by atoms with E-state index in [9.17, 15) is 4.79 Å². The zero-order valence-corrected chi connectivity index (χ0v) is 13.8. The number of rotatable bonds is 7. The summed E-state index contributed by atoms with van der Waals surface area (Å²) in [7, 11) is 0. The molecule has 3 rings (SSSR count). The summed E-state index contributed by atoms with van der Waals surface area (Å²) < 4.78 is 17.0. The van der Waals surface area contributed by atoms with Crippen molar-refractivity contribution < 1.29 is 19.0 Å². The van der Waals surface area contributed by atoms with Crippen LogP contribution in [0, 0.1) is 0 Å². The van der Waals surface area contributed by atoms with Gasteiger partial charge >= 0.3 is 0 Å². The first-order valence-corrected chi connectivity index (χ1v) is 8.22. The van der Waals surface area contributed by atoms with Crippen LogP contribution in [-0.4, -0.2) is 25.1 Å². The zero-order chi connectivity index (χ0) is 16.8. The molecule has 1 aliphatic rings. The number of hydrogen-bond donors (Lipinski definition) is 1. The van der Waals surface area contributed by atoms with Gasteiger partial charge in [0, 0.05) is 12.1 Å². The lowest BCUT2D eigenvalue weighted by Crippen LogP contribution is -2.26. The number of carbonyl (C=O) groups excluding carboxylic acids is 1. The molecule has 1 N–H and O–H groups in total. The van der Waals surface area contributed by atoms with E-state index in [4.69, 9.17) is 25.8 Å². The highest BCUT2D eigenvalue weighted by Crippen LogP contribution is 2.43. The van der Waals surface area contributed by atoms with Crippen LogP contribution in [0.15, 0.2) is 42.5 Å². The first-order chi connectivity index (χ1) is 11.8. The summed E-state index contributed by atoms with van der Waals surface area (Å²) in [6, 6.07) is 13.7. The smallest absolute Gasteiger partial charge is 0.234 e. The number of amides is 1. The Kier molecular flexibility index (Phi) is 5.43. The van der Waals surface area contributed by atoms with Crippen LogP contribution in [0.25, 0.3) is 0 Å². The fourth-order valence-corrected chi connectivity index (χ4v) is 2.55. The van der Waals surface area contributed by atoms with E-state index in [0.717, 1.165) is 11.1 Å². The van der Waals surface area contributed by atoms with Crippen LogP contribution >= 0.6 is 11.6 Å². The molecule has 1 aliphatic heterocycles. The molecule has 0 unspecified atom stereocenters.